The van der Waals surface area contributed by atoms with Crippen molar-refractivity contribution in [1.82, 2.24) is 0 Å². The van der Waals surface area contributed by atoms with E-state index in [0.717, 1.165) is 0 Å². The van der Waals surface area contributed by atoms with Gasteiger partial charge in [0.25, 0.3) is 0 Å². The summed E-state index contributed by atoms with van der Waals surface area (Å²) in [5.41, 5.74) is 0.568. The second kappa shape index (κ2) is 4.77. The van der Waals surface area contributed by atoms with Crippen molar-refractivity contribution >= 4 is 23.6 Å². The summed E-state index contributed by atoms with van der Waals surface area (Å²) in [4.78, 5) is 10.7. The molecule has 0 saturated carbocycles. The fraction of sp³-hybridized carbons (Fsp3) is 0.100. The Morgan fingerprint density at radius 3 is 2.86 bits per heavy atom. The highest BCUT2D eigenvalue weighted by molar-refractivity contribution is 6.32. The molecule has 0 radical (unpaired) electrons. The number of halogens is 2. The highest BCUT2D eigenvalue weighted by atomic mass is 35.5. The number of hydrogen-bond acceptors (Lipinski definition) is 2. The van der Waals surface area contributed by atoms with Crippen molar-refractivity contribution in [3.05, 3.63) is 40.7 Å². The number of hydrogen-bond donors (Lipinski definition) is 0. The molecular formula is C10H8ClFO2. The average Bonchev–Trinajstić information content (AvgIpc) is 2.16. The maximum atomic E-state index is 12.6. The van der Waals surface area contributed by atoms with E-state index >= 15 is 0 Å². The molecule has 0 unspecified atom stereocenters. The van der Waals surface area contributed by atoms with Crippen LogP contribution in [0.15, 0.2) is 24.3 Å². The zero-order chi connectivity index (χ0) is 10.6. The summed E-state index contributed by atoms with van der Waals surface area (Å²) in [6, 6.07) is 3.93. The summed E-state index contributed by atoms with van der Waals surface area (Å²) < 4.78 is 17.0. The largest absolute Gasteiger partial charge is 0.466 e. The number of rotatable bonds is 2. The van der Waals surface area contributed by atoms with Gasteiger partial charge in [0.2, 0.25) is 0 Å². The van der Waals surface area contributed by atoms with Gasteiger partial charge in [-0.2, -0.15) is 0 Å². The standard InChI is InChI=1S/C10H8ClFO2/c1-14-10(13)5-3-7-2-4-8(12)6-9(7)11/h2-6H,1H3/b5-3+. The van der Waals surface area contributed by atoms with Crippen molar-refractivity contribution in [3.63, 3.8) is 0 Å². The molecule has 0 fully saturated rings. The Labute approximate surface area is 85.9 Å². The number of ether oxygens (including phenoxy) is 1. The van der Waals surface area contributed by atoms with Gasteiger partial charge in [-0.1, -0.05) is 17.7 Å². The van der Waals surface area contributed by atoms with Crippen LogP contribution in [0.1, 0.15) is 5.56 Å². The van der Waals surface area contributed by atoms with E-state index in [1.165, 1.54) is 37.5 Å². The van der Waals surface area contributed by atoms with Crippen molar-refractivity contribution < 1.29 is 13.9 Å². The Balaban J connectivity index is 2.87. The SMILES string of the molecule is COC(=O)/C=C/c1ccc(F)cc1Cl. The van der Waals surface area contributed by atoms with Crippen LogP contribution in [0.5, 0.6) is 0 Å². The minimum absolute atomic E-state index is 0.255. The zero-order valence-electron chi connectivity index (χ0n) is 7.46. The van der Waals surface area contributed by atoms with E-state index in [1.54, 1.807) is 0 Å². The van der Waals surface area contributed by atoms with Crippen LogP contribution in [0.2, 0.25) is 5.02 Å². The average molecular weight is 215 g/mol. The molecule has 0 N–H and O–H groups in total. The molecule has 0 spiro atoms. The summed E-state index contributed by atoms with van der Waals surface area (Å²) in [7, 11) is 1.28. The molecule has 0 aliphatic rings. The van der Waals surface area contributed by atoms with Crippen LogP contribution in [0, 0.1) is 5.82 Å². The number of carbonyl (C=O) groups is 1. The molecule has 2 nitrogen and oxygen atoms in total. The third-order valence-corrected chi connectivity index (χ3v) is 1.89. The van der Waals surface area contributed by atoms with Crippen molar-refractivity contribution in [2.24, 2.45) is 0 Å². The number of benzene rings is 1. The summed E-state index contributed by atoms with van der Waals surface area (Å²) in [5.74, 6) is -0.893. The van der Waals surface area contributed by atoms with Gasteiger partial charge in [-0.25, -0.2) is 9.18 Å². The molecule has 0 aromatic heterocycles. The molecule has 0 amide bonds. The van der Waals surface area contributed by atoms with E-state index in [9.17, 15) is 9.18 Å². The topological polar surface area (TPSA) is 26.3 Å². The molecule has 1 aromatic rings. The Hall–Kier alpha value is -1.35. The molecule has 1 aromatic carbocycles. The zero-order valence-corrected chi connectivity index (χ0v) is 8.22. The molecule has 0 heterocycles. The van der Waals surface area contributed by atoms with Crippen LogP contribution in [0.4, 0.5) is 4.39 Å². The Kier molecular flexibility index (Phi) is 3.65. The van der Waals surface area contributed by atoms with Gasteiger partial charge >= 0.3 is 5.97 Å². The first kappa shape index (κ1) is 10.7. The molecule has 0 atom stereocenters. The fourth-order valence-electron chi connectivity index (χ4n) is 0.863. The molecule has 1 rings (SSSR count). The lowest BCUT2D eigenvalue weighted by Crippen LogP contribution is -1.93. The molecule has 0 aliphatic heterocycles. The maximum absolute atomic E-state index is 12.6. The monoisotopic (exact) mass is 214 g/mol. The lowest BCUT2D eigenvalue weighted by molar-refractivity contribution is -0.134. The van der Waals surface area contributed by atoms with Crippen LogP contribution < -0.4 is 0 Å². The predicted octanol–water partition coefficient (Wildman–Crippen LogP) is 2.67. The first-order valence-electron chi connectivity index (χ1n) is 3.84. The van der Waals surface area contributed by atoms with Crippen molar-refractivity contribution in [2.75, 3.05) is 7.11 Å². The van der Waals surface area contributed by atoms with Gasteiger partial charge in [-0.15, -0.1) is 0 Å². The van der Waals surface area contributed by atoms with Gasteiger partial charge in [0.15, 0.2) is 0 Å². The second-order valence-electron chi connectivity index (χ2n) is 2.52. The normalized spacial score (nSPS) is 10.5. The number of carbonyl (C=O) groups excluding carboxylic acids is 1. The van der Waals surface area contributed by atoms with Crippen LogP contribution in [-0.2, 0) is 9.53 Å². The van der Waals surface area contributed by atoms with Gasteiger partial charge in [0, 0.05) is 6.08 Å². The summed E-state index contributed by atoms with van der Waals surface area (Å²) in [6.45, 7) is 0. The van der Waals surface area contributed by atoms with Gasteiger partial charge in [0.05, 0.1) is 12.1 Å². The Morgan fingerprint density at radius 1 is 1.57 bits per heavy atom. The highest BCUT2D eigenvalue weighted by Crippen LogP contribution is 2.18. The second-order valence-corrected chi connectivity index (χ2v) is 2.93. The third kappa shape index (κ3) is 2.85. The Bertz CT molecular complexity index is 374. The van der Waals surface area contributed by atoms with E-state index in [1.807, 2.05) is 0 Å². The summed E-state index contributed by atoms with van der Waals surface area (Å²) >= 11 is 5.71. The van der Waals surface area contributed by atoms with E-state index in [0.29, 0.717) is 5.56 Å². The first-order valence-corrected chi connectivity index (χ1v) is 4.22. The highest BCUT2D eigenvalue weighted by Gasteiger charge is 1.99. The van der Waals surface area contributed by atoms with E-state index < -0.39 is 11.8 Å². The summed E-state index contributed by atoms with van der Waals surface area (Å²) in [6.07, 6.45) is 2.69. The van der Waals surface area contributed by atoms with Gasteiger partial charge in [-0.05, 0) is 23.8 Å². The predicted molar refractivity (Wildman–Crippen MR) is 52.5 cm³/mol. The lowest BCUT2D eigenvalue weighted by Gasteiger charge is -1.97. The maximum Gasteiger partial charge on any atom is 0.330 e. The molecule has 0 aliphatic carbocycles. The van der Waals surface area contributed by atoms with Crippen molar-refractivity contribution in [2.45, 2.75) is 0 Å². The molecule has 0 saturated heterocycles. The van der Waals surface area contributed by atoms with Gasteiger partial charge < -0.3 is 4.74 Å². The minimum atomic E-state index is -0.481. The van der Waals surface area contributed by atoms with E-state index in [-0.39, 0.29) is 5.02 Å². The summed E-state index contributed by atoms with van der Waals surface area (Å²) in [5, 5.41) is 0.255. The first-order chi connectivity index (χ1) is 6.63. The molecule has 74 valence electrons. The molecular weight excluding hydrogens is 207 g/mol. The van der Waals surface area contributed by atoms with Crippen molar-refractivity contribution in [3.8, 4) is 0 Å². The molecule has 4 heteroatoms. The molecule has 14 heavy (non-hydrogen) atoms. The molecule has 0 bridgehead atoms. The Morgan fingerprint density at radius 2 is 2.29 bits per heavy atom. The van der Waals surface area contributed by atoms with Crippen LogP contribution in [0.25, 0.3) is 6.08 Å². The minimum Gasteiger partial charge on any atom is -0.466 e. The fourth-order valence-corrected chi connectivity index (χ4v) is 1.09. The lowest BCUT2D eigenvalue weighted by atomic mass is 10.2. The van der Waals surface area contributed by atoms with E-state index in [4.69, 9.17) is 11.6 Å². The van der Waals surface area contributed by atoms with Crippen LogP contribution in [-0.4, -0.2) is 13.1 Å². The van der Waals surface area contributed by atoms with Gasteiger partial charge in [0.1, 0.15) is 5.82 Å². The smallest absolute Gasteiger partial charge is 0.330 e. The van der Waals surface area contributed by atoms with E-state index in [2.05, 4.69) is 4.74 Å². The third-order valence-electron chi connectivity index (χ3n) is 1.56. The van der Waals surface area contributed by atoms with Crippen LogP contribution >= 0.6 is 11.6 Å². The van der Waals surface area contributed by atoms with Gasteiger partial charge in [-0.3, -0.25) is 0 Å². The number of esters is 1. The quantitative estimate of drug-likeness (QED) is 0.559. The van der Waals surface area contributed by atoms with Crippen molar-refractivity contribution in [1.29, 1.82) is 0 Å². The van der Waals surface area contributed by atoms with Crippen LogP contribution in [0.3, 0.4) is 0 Å². The number of methoxy groups -OCH3 is 1.